The van der Waals surface area contributed by atoms with Gasteiger partial charge in [0.2, 0.25) is 0 Å². The summed E-state index contributed by atoms with van der Waals surface area (Å²) in [5, 5.41) is 12.5. The largest absolute Gasteiger partial charge is 0.481 e. The summed E-state index contributed by atoms with van der Waals surface area (Å²) in [5.41, 5.74) is 0.696. The highest BCUT2D eigenvalue weighted by atomic mass is 35.5. The number of thiazole rings is 1. The summed E-state index contributed by atoms with van der Waals surface area (Å²) in [7, 11) is 2.38. The lowest BCUT2D eigenvalue weighted by Gasteiger charge is -2.33. The Balaban J connectivity index is 2.28. The van der Waals surface area contributed by atoms with E-state index in [1.54, 1.807) is 24.4 Å². The maximum atomic E-state index is 13.0. The molecule has 1 aromatic heterocycles. The minimum Gasteiger partial charge on any atom is -0.481 e. The van der Waals surface area contributed by atoms with Gasteiger partial charge in [-0.15, -0.1) is 11.3 Å². The number of allylic oxidation sites excluding steroid dienone is 1. The summed E-state index contributed by atoms with van der Waals surface area (Å²) in [4.78, 5) is 46.2. The van der Waals surface area contributed by atoms with Crippen LogP contribution in [0.4, 0.5) is 0 Å². The van der Waals surface area contributed by atoms with Gasteiger partial charge in [0, 0.05) is 39.7 Å². The topological polar surface area (TPSA) is 115 Å². The molecule has 0 fully saturated rings. The monoisotopic (exact) mass is 510 g/mol. The number of aromatic nitrogens is 1. The highest BCUT2D eigenvalue weighted by Gasteiger charge is 2.46. The smallest absolute Gasteiger partial charge is 0.336 e. The van der Waals surface area contributed by atoms with Gasteiger partial charge in [0.1, 0.15) is 5.92 Å². The summed E-state index contributed by atoms with van der Waals surface area (Å²) >= 11 is 14.4. The number of hydrogen-bond donors (Lipinski definition) is 1. The number of aryl methyl sites for hydroxylation is 1. The van der Waals surface area contributed by atoms with Crippen molar-refractivity contribution in [2.24, 2.45) is 10.9 Å². The SMILES string of the molecule is COC(=O)C1=C(CCc2nccs2)N=C(CC(=O)O)C(C(=O)OC)C1c1c(Cl)cccc1Cl. The van der Waals surface area contributed by atoms with Gasteiger partial charge in [0.15, 0.2) is 0 Å². The number of methoxy groups -OCH3 is 2. The van der Waals surface area contributed by atoms with Crippen LogP contribution >= 0.6 is 34.5 Å². The first-order chi connectivity index (χ1) is 15.8. The van der Waals surface area contributed by atoms with Gasteiger partial charge in [-0.05, 0) is 24.1 Å². The van der Waals surface area contributed by atoms with E-state index in [2.05, 4.69) is 9.98 Å². The minimum absolute atomic E-state index is 0.0390. The number of carbonyl (C=O) groups is 3. The van der Waals surface area contributed by atoms with Crippen molar-refractivity contribution < 1.29 is 29.0 Å². The summed E-state index contributed by atoms with van der Waals surface area (Å²) < 4.78 is 10.00. The fourth-order valence-corrected chi connectivity index (χ4v) is 5.06. The Hall–Kier alpha value is -2.75. The second kappa shape index (κ2) is 10.9. The third-order valence-electron chi connectivity index (χ3n) is 5.16. The molecule has 2 aromatic rings. The van der Waals surface area contributed by atoms with Gasteiger partial charge in [-0.25, -0.2) is 9.78 Å². The Morgan fingerprint density at radius 1 is 1.12 bits per heavy atom. The number of halogens is 2. The van der Waals surface area contributed by atoms with Gasteiger partial charge in [-0.3, -0.25) is 14.6 Å². The van der Waals surface area contributed by atoms with Crippen molar-refractivity contribution in [2.45, 2.75) is 25.2 Å². The molecule has 0 spiro atoms. The van der Waals surface area contributed by atoms with Crippen LogP contribution in [0.15, 0.2) is 46.0 Å². The molecule has 0 saturated heterocycles. The van der Waals surface area contributed by atoms with E-state index in [-0.39, 0.29) is 33.4 Å². The van der Waals surface area contributed by atoms with E-state index in [0.29, 0.717) is 12.0 Å². The number of hydrogen-bond acceptors (Lipinski definition) is 8. The van der Waals surface area contributed by atoms with Crippen molar-refractivity contribution in [1.82, 2.24) is 4.98 Å². The molecule has 0 saturated carbocycles. The molecule has 1 N–H and O–H groups in total. The summed E-state index contributed by atoms with van der Waals surface area (Å²) in [6, 6.07) is 4.77. The lowest BCUT2D eigenvalue weighted by Crippen LogP contribution is -2.38. The van der Waals surface area contributed by atoms with Crippen LogP contribution in [0.3, 0.4) is 0 Å². The van der Waals surface area contributed by atoms with Crippen molar-refractivity contribution in [2.75, 3.05) is 14.2 Å². The predicted molar refractivity (Wildman–Crippen MR) is 124 cm³/mol. The Bertz CT molecular complexity index is 1110. The first-order valence-electron chi connectivity index (χ1n) is 9.79. The highest BCUT2D eigenvalue weighted by molar-refractivity contribution is 7.09. The molecule has 2 unspecified atom stereocenters. The van der Waals surface area contributed by atoms with Crippen LogP contribution in [0.2, 0.25) is 10.0 Å². The number of carbonyl (C=O) groups excluding carboxylic acids is 2. The van der Waals surface area contributed by atoms with E-state index in [4.69, 9.17) is 32.7 Å². The number of carboxylic acids is 1. The number of benzene rings is 1. The predicted octanol–water partition coefficient (Wildman–Crippen LogP) is 4.31. The number of aliphatic imine (C=N–C) groups is 1. The van der Waals surface area contributed by atoms with E-state index in [1.807, 2.05) is 5.38 Å². The molecule has 11 heteroatoms. The zero-order chi connectivity index (χ0) is 24.1. The Morgan fingerprint density at radius 3 is 2.36 bits per heavy atom. The molecular weight excluding hydrogens is 491 g/mol. The average molecular weight is 511 g/mol. The Morgan fingerprint density at radius 2 is 1.82 bits per heavy atom. The standard InChI is InChI=1S/C22H20Cl2N2O6S/c1-31-21(29)18-13(6-7-15-25-8-9-33-15)26-14(10-16(27)28)19(22(30)32-2)20(18)17-11(23)4-3-5-12(17)24/h3-5,8-9,19-20H,6-7,10H2,1-2H3,(H,27,28). The summed E-state index contributed by atoms with van der Waals surface area (Å²) in [6.45, 7) is 0. The fourth-order valence-electron chi connectivity index (χ4n) is 3.81. The van der Waals surface area contributed by atoms with Crippen molar-refractivity contribution in [3.05, 3.63) is 61.7 Å². The third kappa shape index (κ3) is 5.43. The second-order valence-corrected chi connectivity index (χ2v) is 8.86. The maximum Gasteiger partial charge on any atom is 0.336 e. The van der Waals surface area contributed by atoms with E-state index >= 15 is 0 Å². The van der Waals surface area contributed by atoms with Gasteiger partial charge in [-0.2, -0.15) is 0 Å². The quantitative estimate of drug-likeness (QED) is 0.525. The molecular formula is C22H20Cl2N2O6S. The number of rotatable bonds is 8. The molecule has 33 heavy (non-hydrogen) atoms. The molecule has 2 atom stereocenters. The molecule has 8 nitrogen and oxygen atoms in total. The second-order valence-electron chi connectivity index (χ2n) is 7.07. The first-order valence-corrected chi connectivity index (χ1v) is 11.4. The van der Waals surface area contributed by atoms with Crippen molar-refractivity contribution in [1.29, 1.82) is 0 Å². The van der Waals surface area contributed by atoms with Crippen molar-refractivity contribution in [3.63, 3.8) is 0 Å². The summed E-state index contributed by atoms with van der Waals surface area (Å²) in [6.07, 6.45) is 1.83. The molecule has 1 aliphatic heterocycles. The van der Waals surface area contributed by atoms with Crippen LogP contribution < -0.4 is 0 Å². The van der Waals surface area contributed by atoms with Crippen LogP contribution in [0.1, 0.15) is 29.3 Å². The number of carboxylic acid groups (broad SMARTS) is 1. The van der Waals surface area contributed by atoms with Crippen LogP contribution in [0.25, 0.3) is 0 Å². The molecule has 1 aromatic carbocycles. The number of ether oxygens (including phenoxy) is 2. The molecule has 0 amide bonds. The van der Waals surface area contributed by atoms with Gasteiger partial charge in [0.25, 0.3) is 0 Å². The Kier molecular flexibility index (Phi) is 8.23. The van der Waals surface area contributed by atoms with Crippen molar-refractivity contribution in [3.8, 4) is 0 Å². The molecule has 3 rings (SSSR count). The van der Waals surface area contributed by atoms with E-state index in [9.17, 15) is 19.5 Å². The van der Waals surface area contributed by atoms with Gasteiger partial charge < -0.3 is 14.6 Å². The van der Waals surface area contributed by atoms with Gasteiger partial charge >= 0.3 is 17.9 Å². The van der Waals surface area contributed by atoms with E-state index < -0.39 is 36.2 Å². The molecule has 0 bridgehead atoms. The molecule has 1 aliphatic rings. The van der Waals surface area contributed by atoms with Crippen molar-refractivity contribution >= 4 is 58.2 Å². The third-order valence-corrected chi connectivity index (χ3v) is 6.65. The van der Waals surface area contributed by atoms with E-state index in [1.165, 1.54) is 25.6 Å². The van der Waals surface area contributed by atoms with Gasteiger partial charge in [0.05, 0.1) is 36.9 Å². The average Bonchev–Trinajstić information content (AvgIpc) is 3.29. The number of esters is 2. The zero-order valence-electron chi connectivity index (χ0n) is 17.7. The van der Waals surface area contributed by atoms with Gasteiger partial charge in [-0.1, -0.05) is 29.3 Å². The normalized spacial score (nSPS) is 18.0. The lowest BCUT2D eigenvalue weighted by molar-refractivity contribution is -0.143. The Labute approximate surface area is 203 Å². The lowest BCUT2D eigenvalue weighted by atomic mass is 9.74. The molecule has 2 heterocycles. The fraction of sp³-hybridized carbons (Fsp3) is 0.318. The summed E-state index contributed by atoms with van der Waals surface area (Å²) in [5.74, 6) is -4.97. The van der Waals surface area contributed by atoms with E-state index in [0.717, 1.165) is 5.01 Å². The number of nitrogens with zero attached hydrogens (tertiary/aromatic N) is 2. The van der Waals surface area contributed by atoms with Crippen LogP contribution in [0.5, 0.6) is 0 Å². The van der Waals surface area contributed by atoms with Crippen LogP contribution in [-0.4, -0.2) is 47.9 Å². The molecule has 0 radical (unpaired) electrons. The van der Waals surface area contributed by atoms with Crippen LogP contribution in [-0.2, 0) is 30.3 Å². The highest BCUT2D eigenvalue weighted by Crippen LogP contribution is 2.46. The first kappa shape index (κ1) is 24.9. The minimum atomic E-state index is -1.23. The number of aliphatic carboxylic acids is 1. The zero-order valence-corrected chi connectivity index (χ0v) is 20.0. The van der Waals surface area contributed by atoms with Crippen LogP contribution in [0, 0.1) is 5.92 Å². The molecule has 174 valence electrons. The maximum absolute atomic E-state index is 13.0. The molecule has 0 aliphatic carbocycles.